The highest BCUT2D eigenvalue weighted by molar-refractivity contribution is 8.01. The number of aromatic nitrogens is 2. The molecular formula is C7H12N4OS2. The van der Waals surface area contributed by atoms with Crippen molar-refractivity contribution in [1.29, 1.82) is 0 Å². The summed E-state index contributed by atoms with van der Waals surface area (Å²) in [7, 11) is 1.78. The molecule has 0 saturated carbocycles. The van der Waals surface area contributed by atoms with Gasteiger partial charge in [0, 0.05) is 13.6 Å². The maximum Gasteiger partial charge on any atom is 0.232 e. The molecule has 1 heterocycles. The highest BCUT2D eigenvalue weighted by atomic mass is 32.2. The third-order valence-corrected chi connectivity index (χ3v) is 3.51. The van der Waals surface area contributed by atoms with Crippen LogP contribution in [0.4, 0.5) is 5.13 Å². The Morgan fingerprint density at radius 3 is 2.86 bits per heavy atom. The van der Waals surface area contributed by atoms with Crippen LogP contribution in [0, 0.1) is 0 Å². The molecule has 0 aliphatic heterocycles. The van der Waals surface area contributed by atoms with Crippen LogP contribution < -0.4 is 5.73 Å². The highest BCUT2D eigenvalue weighted by Crippen LogP contribution is 2.23. The van der Waals surface area contributed by atoms with Crippen molar-refractivity contribution < 1.29 is 4.79 Å². The Balaban J connectivity index is 2.37. The van der Waals surface area contributed by atoms with Crippen LogP contribution >= 0.6 is 23.1 Å². The predicted molar refractivity (Wildman–Crippen MR) is 58.4 cm³/mol. The molecule has 2 N–H and O–H groups in total. The molecule has 1 aromatic rings. The molecule has 0 bridgehead atoms. The van der Waals surface area contributed by atoms with Crippen LogP contribution in [0.5, 0.6) is 0 Å². The topological polar surface area (TPSA) is 72.1 Å². The van der Waals surface area contributed by atoms with Gasteiger partial charge >= 0.3 is 0 Å². The standard InChI is InChI=1S/C7H12N4OS2/c1-3-11(2)5(12)4-13-7-10-9-6(8)14-7/h3-4H2,1-2H3,(H2,8,9). The molecule has 0 radical (unpaired) electrons. The van der Waals surface area contributed by atoms with Crippen LogP contribution in [0.15, 0.2) is 4.34 Å². The van der Waals surface area contributed by atoms with E-state index >= 15 is 0 Å². The molecule has 0 unspecified atom stereocenters. The van der Waals surface area contributed by atoms with E-state index in [1.165, 1.54) is 23.1 Å². The fourth-order valence-electron chi connectivity index (χ4n) is 0.689. The Kier molecular flexibility index (Phi) is 4.15. The van der Waals surface area contributed by atoms with Crippen molar-refractivity contribution in [3.63, 3.8) is 0 Å². The number of nitrogen functional groups attached to an aromatic ring is 1. The summed E-state index contributed by atoms with van der Waals surface area (Å²) in [5.74, 6) is 0.477. The normalized spacial score (nSPS) is 10.1. The van der Waals surface area contributed by atoms with Crippen molar-refractivity contribution in [3.8, 4) is 0 Å². The Morgan fingerprint density at radius 2 is 2.36 bits per heavy atom. The molecule has 0 aliphatic carbocycles. The summed E-state index contributed by atoms with van der Waals surface area (Å²) in [5, 5.41) is 7.90. The van der Waals surface area contributed by atoms with E-state index in [1.54, 1.807) is 11.9 Å². The van der Waals surface area contributed by atoms with Gasteiger partial charge in [-0.3, -0.25) is 4.79 Å². The number of nitrogens with zero attached hydrogens (tertiary/aromatic N) is 3. The smallest absolute Gasteiger partial charge is 0.232 e. The second-order valence-electron chi connectivity index (χ2n) is 2.60. The van der Waals surface area contributed by atoms with Gasteiger partial charge in [0.1, 0.15) is 0 Å². The van der Waals surface area contributed by atoms with Crippen LogP contribution in [0.2, 0.25) is 0 Å². The maximum absolute atomic E-state index is 11.4. The third-order valence-electron chi connectivity index (χ3n) is 1.64. The van der Waals surface area contributed by atoms with E-state index < -0.39 is 0 Å². The summed E-state index contributed by atoms with van der Waals surface area (Å²) in [6, 6.07) is 0. The molecule has 1 rings (SSSR count). The maximum atomic E-state index is 11.4. The molecule has 1 aromatic heterocycles. The number of hydrogen-bond acceptors (Lipinski definition) is 6. The minimum Gasteiger partial charge on any atom is -0.374 e. The van der Waals surface area contributed by atoms with Crippen LogP contribution in [-0.2, 0) is 4.79 Å². The van der Waals surface area contributed by atoms with E-state index in [9.17, 15) is 4.79 Å². The van der Waals surface area contributed by atoms with Crippen molar-refractivity contribution in [2.45, 2.75) is 11.3 Å². The monoisotopic (exact) mass is 232 g/mol. The first-order valence-electron chi connectivity index (χ1n) is 4.09. The Labute approximate surface area is 90.7 Å². The minimum absolute atomic E-state index is 0.0891. The molecule has 0 atom stereocenters. The molecule has 1 amide bonds. The largest absolute Gasteiger partial charge is 0.374 e. The van der Waals surface area contributed by atoms with Gasteiger partial charge in [-0.05, 0) is 6.92 Å². The molecule has 78 valence electrons. The number of hydrogen-bond donors (Lipinski definition) is 1. The molecule has 0 aromatic carbocycles. The van der Waals surface area contributed by atoms with Crippen LogP contribution in [-0.4, -0.2) is 40.3 Å². The van der Waals surface area contributed by atoms with E-state index in [4.69, 9.17) is 5.73 Å². The minimum atomic E-state index is 0.0891. The summed E-state index contributed by atoms with van der Waals surface area (Å²) in [5.41, 5.74) is 5.41. The number of rotatable bonds is 4. The van der Waals surface area contributed by atoms with Crippen molar-refractivity contribution in [2.75, 3.05) is 25.1 Å². The summed E-state index contributed by atoms with van der Waals surface area (Å²) < 4.78 is 0.736. The first-order chi connectivity index (χ1) is 6.63. The third kappa shape index (κ3) is 3.15. The van der Waals surface area contributed by atoms with Gasteiger partial charge in [0.2, 0.25) is 11.0 Å². The summed E-state index contributed by atoms with van der Waals surface area (Å²) in [6.45, 7) is 2.66. The molecule has 14 heavy (non-hydrogen) atoms. The second kappa shape index (κ2) is 5.16. The summed E-state index contributed by atoms with van der Waals surface area (Å²) in [6.07, 6.45) is 0. The van der Waals surface area contributed by atoms with Gasteiger partial charge in [-0.2, -0.15) is 0 Å². The van der Waals surface area contributed by atoms with E-state index in [-0.39, 0.29) is 5.91 Å². The lowest BCUT2D eigenvalue weighted by atomic mass is 10.5. The molecule has 0 spiro atoms. The lowest BCUT2D eigenvalue weighted by molar-refractivity contribution is -0.126. The van der Waals surface area contributed by atoms with Gasteiger partial charge in [-0.25, -0.2) is 0 Å². The van der Waals surface area contributed by atoms with Crippen molar-refractivity contribution >= 4 is 34.1 Å². The van der Waals surface area contributed by atoms with Crippen LogP contribution in [0.25, 0.3) is 0 Å². The Morgan fingerprint density at radius 1 is 1.64 bits per heavy atom. The van der Waals surface area contributed by atoms with Gasteiger partial charge < -0.3 is 10.6 Å². The number of nitrogens with two attached hydrogens (primary N) is 1. The number of carbonyl (C=O) groups excluding carboxylic acids is 1. The summed E-state index contributed by atoms with van der Waals surface area (Å²) >= 11 is 2.66. The first kappa shape index (κ1) is 11.3. The van der Waals surface area contributed by atoms with E-state index in [1.807, 2.05) is 6.92 Å². The fraction of sp³-hybridized carbons (Fsp3) is 0.571. The van der Waals surface area contributed by atoms with Gasteiger partial charge in [-0.15, -0.1) is 10.2 Å². The van der Waals surface area contributed by atoms with Gasteiger partial charge in [0.05, 0.1) is 5.75 Å². The zero-order valence-corrected chi connectivity index (χ0v) is 9.69. The predicted octanol–water partition coefficient (Wildman–Crippen LogP) is 0.691. The Bertz CT molecular complexity index is 314. The molecule has 0 saturated heterocycles. The quantitative estimate of drug-likeness (QED) is 0.773. The van der Waals surface area contributed by atoms with Crippen LogP contribution in [0.3, 0.4) is 0 Å². The average molecular weight is 232 g/mol. The molecule has 0 aliphatic rings. The molecule has 5 nitrogen and oxygen atoms in total. The lowest BCUT2D eigenvalue weighted by Crippen LogP contribution is -2.27. The highest BCUT2D eigenvalue weighted by Gasteiger charge is 2.09. The van der Waals surface area contributed by atoms with Gasteiger partial charge in [0.15, 0.2) is 4.34 Å². The number of anilines is 1. The fourth-order valence-corrected chi connectivity index (χ4v) is 2.27. The van der Waals surface area contributed by atoms with E-state index in [0.717, 1.165) is 10.9 Å². The van der Waals surface area contributed by atoms with Crippen molar-refractivity contribution in [3.05, 3.63) is 0 Å². The lowest BCUT2D eigenvalue weighted by Gasteiger charge is -2.12. The number of amides is 1. The van der Waals surface area contributed by atoms with E-state index in [2.05, 4.69) is 10.2 Å². The zero-order chi connectivity index (χ0) is 10.6. The first-order valence-corrected chi connectivity index (χ1v) is 5.89. The number of carbonyl (C=O) groups is 1. The van der Waals surface area contributed by atoms with Crippen LogP contribution in [0.1, 0.15) is 6.92 Å². The molecule has 7 heteroatoms. The summed E-state index contributed by atoms with van der Waals surface area (Å²) in [4.78, 5) is 13.0. The zero-order valence-electron chi connectivity index (χ0n) is 8.06. The Hall–Kier alpha value is -0.820. The van der Waals surface area contributed by atoms with Gasteiger partial charge in [-0.1, -0.05) is 23.1 Å². The van der Waals surface area contributed by atoms with E-state index in [0.29, 0.717) is 10.9 Å². The molecule has 0 fully saturated rings. The second-order valence-corrected chi connectivity index (χ2v) is 4.83. The number of thioether (sulfide) groups is 1. The van der Waals surface area contributed by atoms with Crippen molar-refractivity contribution in [2.24, 2.45) is 0 Å². The average Bonchev–Trinajstić information content (AvgIpc) is 2.59. The SMILES string of the molecule is CCN(C)C(=O)CSc1nnc(N)s1. The molecular weight excluding hydrogens is 220 g/mol. The van der Waals surface area contributed by atoms with Crippen molar-refractivity contribution in [1.82, 2.24) is 15.1 Å². The van der Waals surface area contributed by atoms with Gasteiger partial charge in [0.25, 0.3) is 0 Å².